The van der Waals surface area contributed by atoms with Crippen molar-refractivity contribution in [3.05, 3.63) is 23.2 Å². The number of nitrogens with zero attached hydrogens (tertiary/aromatic N) is 1. The van der Waals surface area contributed by atoms with Crippen molar-refractivity contribution in [1.29, 1.82) is 0 Å². The van der Waals surface area contributed by atoms with Crippen molar-refractivity contribution in [2.75, 3.05) is 13.6 Å². The minimum atomic E-state index is -0.382. The number of rotatable bonds is 5. The molecule has 0 atom stereocenters. The van der Waals surface area contributed by atoms with Gasteiger partial charge in [-0.25, -0.2) is 5.84 Å². The molecule has 0 saturated heterocycles. The van der Waals surface area contributed by atoms with Crippen molar-refractivity contribution in [3.8, 4) is 0 Å². The molecule has 1 aromatic heterocycles. The number of nitrogen functional groups attached to an aromatic ring is 1. The highest BCUT2D eigenvalue weighted by Gasteiger charge is 2.19. The Morgan fingerprint density at radius 1 is 1.53 bits per heavy atom. The molecule has 1 heterocycles. The van der Waals surface area contributed by atoms with E-state index in [0.717, 1.165) is 30.3 Å². The highest BCUT2D eigenvalue weighted by Crippen LogP contribution is 2.26. The molecule has 19 heavy (non-hydrogen) atoms. The smallest absolute Gasteiger partial charge is 0.300 e. The lowest BCUT2D eigenvalue weighted by Crippen LogP contribution is -2.29. The highest BCUT2D eigenvalue weighted by atomic mass is 16.4. The van der Waals surface area contributed by atoms with Crippen molar-refractivity contribution in [2.24, 2.45) is 11.8 Å². The van der Waals surface area contributed by atoms with E-state index in [1.54, 1.807) is 6.07 Å². The number of hydrazine groups is 1. The summed E-state index contributed by atoms with van der Waals surface area (Å²) in [7, 11) is 2.12. The first kappa shape index (κ1) is 14.1. The maximum absolute atomic E-state index is 11.4. The van der Waals surface area contributed by atoms with E-state index in [2.05, 4.69) is 17.4 Å². The van der Waals surface area contributed by atoms with Gasteiger partial charge in [-0.2, -0.15) is 0 Å². The fourth-order valence-electron chi connectivity index (χ4n) is 2.85. The molecular weight excluding hydrogens is 242 g/mol. The number of nitrogens with two attached hydrogens (primary N) is 1. The van der Waals surface area contributed by atoms with Crippen LogP contribution >= 0.6 is 0 Å². The quantitative estimate of drug-likeness (QED) is 0.484. The summed E-state index contributed by atoms with van der Waals surface area (Å²) >= 11 is 0. The van der Waals surface area contributed by atoms with Crippen LogP contribution in [0.3, 0.4) is 0 Å². The second kappa shape index (κ2) is 6.21. The zero-order chi connectivity index (χ0) is 13.8. The van der Waals surface area contributed by atoms with Crippen LogP contribution in [-0.2, 0) is 6.54 Å². The van der Waals surface area contributed by atoms with Crippen LogP contribution in [0.25, 0.3) is 0 Å². The third kappa shape index (κ3) is 3.58. The number of furan rings is 1. The Labute approximate surface area is 114 Å². The molecule has 1 aromatic rings. The Morgan fingerprint density at radius 3 is 2.84 bits per heavy atom. The fraction of sp³-hybridized carbons (Fsp3) is 0.643. The summed E-state index contributed by atoms with van der Waals surface area (Å²) in [6, 6.07) is 1.78. The SMILES string of the molecule is Cc1oc(C(=O)NN)cc1CN(C)CC1CCCC1. The summed E-state index contributed by atoms with van der Waals surface area (Å²) < 4.78 is 5.42. The molecule has 0 aromatic carbocycles. The minimum absolute atomic E-state index is 0.282. The molecule has 0 bridgehead atoms. The first-order chi connectivity index (χ1) is 9.10. The molecule has 0 unspecified atom stereocenters. The van der Waals surface area contributed by atoms with Gasteiger partial charge in [0.05, 0.1) is 0 Å². The van der Waals surface area contributed by atoms with Gasteiger partial charge < -0.3 is 9.32 Å². The van der Waals surface area contributed by atoms with E-state index in [4.69, 9.17) is 10.3 Å². The topological polar surface area (TPSA) is 71.5 Å². The molecule has 3 N–H and O–H groups in total. The van der Waals surface area contributed by atoms with Crippen LogP contribution in [0.15, 0.2) is 10.5 Å². The number of amides is 1. The second-order valence-electron chi connectivity index (χ2n) is 5.51. The molecule has 0 aliphatic heterocycles. The lowest BCUT2D eigenvalue weighted by atomic mass is 10.1. The summed E-state index contributed by atoms with van der Waals surface area (Å²) in [4.78, 5) is 13.7. The van der Waals surface area contributed by atoms with Gasteiger partial charge in [0, 0.05) is 18.7 Å². The molecular formula is C14H23N3O2. The first-order valence-corrected chi connectivity index (χ1v) is 6.89. The molecule has 2 rings (SSSR count). The van der Waals surface area contributed by atoms with Gasteiger partial charge in [0.25, 0.3) is 0 Å². The largest absolute Gasteiger partial charge is 0.456 e. The zero-order valence-electron chi connectivity index (χ0n) is 11.7. The molecule has 106 valence electrons. The van der Waals surface area contributed by atoms with E-state index in [-0.39, 0.29) is 11.7 Å². The summed E-state index contributed by atoms with van der Waals surface area (Å²) in [5.74, 6) is 6.62. The van der Waals surface area contributed by atoms with E-state index < -0.39 is 0 Å². The van der Waals surface area contributed by atoms with Gasteiger partial charge in [-0.05, 0) is 38.8 Å². The van der Waals surface area contributed by atoms with Gasteiger partial charge in [0.15, 0.2) is 5.76 Å². The summed E-state index contributed by atoms with van der Waals surface area (Å²) in [5.41, 5.74) is 3.14. The maximum atomic E-state index is 11.4. The van der Waals surface area contributed by atoms with Gasteiger partial charge in [-0.1, -0.05) is 12.8 Å². The Kier molecular flexibility index (Phi) is 4.61. The normalized spacial score (nSPS) is 16.2. The van der Waals surface area contributed by atoms with Crippen molar-refractivity contribution in [1.82, 2.24) is 10.3 Å². The van der Waals surface area contributed by atoms with Gasteiger partial charge >= 0.3 is 5.91 Å². The second-order valence-corrected chi connectivity index (χ2v) is 5.51. The Morgan fingerprint density at radius 2 is 2.21 bits per heavy atom. The molecule has 0 spiro atoms. The predicted molar refractivity (Wildman–Crippen MR) is 73.4 cm³/mol. The molecule has 1 aliphatic carbocycles. The van der Waals surface area contributed by atoms with Gasteiger partial charge in [-0.3, -0.25) is 10.2 Å². The minimum Gasteiger partial charge on any atom is -0.456 e. The number of aryl methyl sites for hydroxylation is 1. The number of hydrogen-bond donors (Lipinski definition) is 2. The van der Waals surface area contributed by atoms with Crippen molar-refractivity contribution < 1.29 is 9.21 Å². The monoisotopic (exact) mass is 265 g/mol. The molecule has 1 amide bonds. The van der Waals surface area contributed by atoms with Crippen LogP contribution in [0.1, 0.15) is 47.6 Å². The van der Waals surface area contributed by atoms with Crippen LogP contribution < -0.4 is 11.3 Å². The molecule has 1 saturated carbocycles. The molecule has 5 heteroatoms. The Bertz CT molecular complexity index is 436. The van der Waals surface area contributed by atoms with E-state index >= 15 is 0 Å². The van der Waals surface area contributed by atoms with Gasteiger partial charge in [-0.15, -0.1) is 0 Å². The summed E-state index contributed by atoms with van der Waals surface area (Å²) in [6.45, 7) is 3.80. The third-order valence-electron chi connectivity index (χ3n) is 3.86. The zero-order valence-corrected chi connectivity index (χ0v) is 11.7. The standard InChI is InChI=1S/C14H23N3O2/c1-10-12(7-13(19-10)14(18)16-15)9-17(2)8-11-5-3-4-6-11/h7,11H,3-6,8-9,15H2,1-2H3,(H,16,18). The lowest BCUT2D eigenvalue weighted by molar-refractivity contribution is 0.0924. The maximum Gasteiger partial charge on any atom is 0.300 e. The number of carbonyl (C=O) groups excluding carboxylic acids is 1. The highest BCUT2D eigenvalue weighted by molar-refractivity contribution is 5.91. The van der Waals surface area contributed by atoms with Crippen LogP contribution in [-0.4, -0.2) is 24.4 Å². The van der Waals surface area contributed by atoms with E-state index in [1.807, 2.05) is 6.92 Å². The molecule has 5 nitrogen and oxygen atoms in total. The number of carbonyl (C=O) groups is 1. The van der Waals surface area contributed by atoms with Crippen LogP contribution in [0.5, 0.6) is 0 Å². The van der Waals surface area contributed by atoms with E-state index in [1.165, 1.54) is 25.7 Å². The summed E-state index contributed by atoms with van der Waals surface area (Å²) in [5, 5.41) is 0. The molecule has 1 fully saturated rings. The lowest BCUT2D eigenvalue weighted by Gasteiger charge is -2.20. The molecule has 0 radical (unpaired) electrons. The van der Waals surface area contributed by atoms with Crippen LogP contribution in [0, 0.1) is 12.8 Å². The third-order valence-corrected chi connectivity index (χ3v) is 3.86. The number of nitrogens with one attached hydrogen (secondary N) is 1. The Hall–Kier alpha value is -1.33. The van der Waals surface area contributed by atoms with Crippen molar-refractivity contribution >= 4 is 5.91 Å². The Balaban J connectivity index is 1.94. The fourth-order valence-corrected chi connectivity index (χ4v) is 2.85. The van der Waals surface area contributed by atoms with Crippen LogP contribution in [0.4, 0.5) is 0 Å². The average Bonchev–Trinajstić information content (AvgIpc) is 2.99. The van der Waals surface area contributed by atoms with E-state index in [9.17, 15) is 4.79 Å². The van der Waals surface area contributed by atoms with Crippen molar-refractivity contribution in [3.63, 3.8) is 0 Å². The molecule has 1 aliphatic rings. The van der Waals surface area contributed by atoms with Crippen molar-refractivity contribution in [2.45, 2.75) is 39.2 Å². The van der Waals surface area contributed by atoms with Gasteiger partial charge in [0.1, 0.15) is 5.76 Å². The van der Waals surface area contributed by atoms with Crippen LogP contribution in [0.2, 0.25) is 0 Å². The van der Waals surface area contributed by atoms with Gasteiger partial charge in [0.2, 0.25) is 0 Å². The average molecular weight is 265 g/mol. The predicted octanol–water partition coefficient (Wildman–Crippen LogP) is 1.81. The summed E-state index contributed by atoms with van der Waals surface area (Å²) in [6.07, 6.45) is 5.42. The first-order valence-electron chi connectivity index (χ1n) is 6.89. The number of hydrogen-bond acceptors (Lipinski definition) is 4. The van der Waals surface area contributed by atoms with E-state index in [0.29, 0.717) is 0 Å².